The number of rotatable bonds is 0. The van der Waals surface area contributed by atoms with Gasteiger partial charge in [0.25, 0.3) is 0 Å². The Bertz CT molecular complexity index is 8.00. The summed E-state index contributed by atoms with van der Waals surface area (Å²) in [6.45, 7) is 0. The second-order valence-electron chi connectivity index (χ2n) is 0. The van der Waals surface area contributed by atoms with Crippen LogP contribution in [0.15, 0.2) is 0 Å². The third-order valence-electron chi connectivity index (χ3n) is 0. The van der Waals surface area contributed by atoms with E-state index in [1.54, 1.807) is 21.0 Å². The molecule has 0 aromatic carbocycles. The van der Waals surface area contributed by atoms with Gasteiger partial charge in [0, 0.05) is 0 Å². The van der Waals surface area contributed by atoms with Crippen LogP contribution in [0.4, 0.5) is 0 Å². The molecule has 0 atom stereocenters. The van der Waals surface area contributed by atoms with Gasteiger partial charge in [-0.25, -0.2) is 0 Å². The fourth-order valence-corrected chi connectivity index (χ4v) is 0. The van der Waals surface area contributed by atoms with Gasteiger partial charge in [0.15, 0.2) is 0 Å². The number of hydrogen-bond acceptors (Lipinski definition) is 2. The van der Waals surface area contributed by atoms with Crippen LogP contribution < -0.4 is 0 Å². The van der Waals surface area contributed by atoms with Gasteiger partial charge in [0.2, 0.25) is 0 Å². The molecule has 27 valence electrons. The zero-order chi connectivity index (χ0) is 4.00. The Balaban J connectivity index is 0. The van der Waals surface area contributed by atoms with E-state index in [1.165, 1.54) is 0 Å². The summed E-state index contributed by atoms with van der Waals surface area (Å²) in [7, 11) is 0. The van der Waals surface area contributed by atoms with Crippen molar-refractivity contribution in [3.63, 3.8) is 0 Å². The van der Waals surface area contributed by atoms with Crippen LogP contribution in [0.25, 0.3) is 0 Å². The van der Waals surface area contributed by atoms with E-state index in [1.807, 2.05) is 0 Å². The predicted octanol–water partition coefficient (Wildman–Crippen LogP) is -0.889. The van der Waals surface area contributed by atoms with Crippen LogP contribution in [-0.4, -0.2) is 16.2 Å². The van der Waals surface area contributed by atoms with Crippen LogP contribution in [0.1, 0.15) is 0 Å². The first-order valence-corrected chi connectivity index (χ1v) is 1.59. The Morgan fingerprint density at radius 3 is 1.25 bits per heavy atom. The number of hydrogen-bond donors (Lipinski definition) is 0. The molecule has 0 radical (unpaired) electrons. The molecule has 4 heteroatoms. The molecule has 0 saturated heterocycles. The summed E-state index contributed by atoms with van der Waals surface area (Å²) in [6.07, 6.45) is 0. The van der Waals surface area contributed by atoms with Crippen LogP contribution in [-0.2, 0) is 28.1 Å². The van der Waals surface area contributed by atoms with Gasteiger partial charge in [-0.05, 0) is 0 Å². The third kappa shape index (κ3) is 13.2. The molecule has 0 aromatic heterocycles. The second-order valence-corrected chi connectivity index (χ2v) is 0. The summed E-state index contributed by atoms with van der Waals surface area (Å²) >= 11 is 2.31. The summed E-state index contributed by atoms with van der Waals surface area (Å²) in [5, 5.41) is 0. The van der Waals surface area contributed by atoms with Crippen molar-refractivity contribution < 1.29 is 28.1 Å². The van der Waals surface area contributed by atoms with Crippen LogP contribution in [0.3, 0.4) is 0 Å². The van der Waals surface area contributed by atoms with Crippen molar-refractivity contribution in [2.45, 2.75) is 0 Å². The summed E-state index contributed by atoms with van der Waals surface area (Å²) < 4.78 is 16.3. The van der Waals surface area contributed by atoms with Gasteiger partial charge in [-0.3, -0.25) is 0 Å². The standard InChI is InChI=1S/Ag.Al.2O.H. The van der Waals surface area contributed by atoms with E-state index in [-0.39, 0.29) is 0 Å². The van der Waals surface area contributed by atoms with Gasteiger partial charge in [-0.2, -0.15) is 0 Å². The molecule has 2 nitrogen and oxygen atoms in total. The first-order valence-electron chi connectivity index (χ1n) is 0.412. The molecule has 0 amide bonds. The predicted molar refractivity (Wildman–Crippen MR) is 8.52 cm³/mol. The molecule has 4 heavy (non-hydrogen) atoms. The summed E-state index contributed by atoms with van der Waals surface area (Å²) in [6, 6.07) is 0. The van der Waals surface area contributed by atoms with Gasteiger partial charge >= 0.3 is 44.3 Å². The average Bonchev–Trinajstić information content (AvgIpc) is 1.50. The van der Waals surface area contributed by atoms with Crippen molar-refractivity contribution in [1.82, 2.24) is 0 Å². The van der Waals surface area contributed by atoms with Crippen LogP contribution in [0.2, 0.25) is 0 Å². The molecular formula is HAgAlO2. The molecule has 0 aliphatic rings. The Labute approximate surface area is 44.5 Å². The second kappa shape index (κ2) is 42.0. The summed E-state index contributed by atoms with van der Waals surface area (Å²) in [5.41, 5.74) is 0. The Hall–Kier alpha value is 0.873. The van der Waals surface area contributed by atoms with E-state index in [0.717, 1.165) is 0 Å². The normalized spacial score (nSPS) is 2.25. The quantitative estimate of drug-likeness (QED) is 0.439. The van der Waals surface area contributed by atoms with Crippen molar-refractivity contribution in [3.05, 3.63) is 0 Å². The minimum atomic E-state index is 0.611. The molecule has 0 bridgehead atoms. The molecule has 0 aromatic rings. The van der Waals surface area contributed by atoms with E-state index in [9.17, 15) is 0 Å². The minimum absolute atomic E-state index is 0.611. The van der Waals surface area contributed by atoms with Gasteiger partial charge < -0.3 is 0 Å². The zero-order valence-corrected chi connectivity index (χ0v) is 4.72. The third-order valence-corrected chi connectivity index (χ3v) is 0. The maximum absolute atomic E-state index is 8.28. The molecule has 0 heterocycles. The molecule has 0 fully saturated rings. The monoisotopic (exact) mass is 167 g/mol. The average molecular weight is 168 g/mol. The van der Waals surface area contributed by atoms with Crippen LogP contribution in [0, 0.1) is 0 Å². The fourth-order valence-electron chi connectivity index (χ4n) is 0. The molecule has 0 rings (SSSR count). The first-order chi connectivity index (χ1) is 2.00. The van der Waals surface area contributed by atoms with E-state index < -0.39 is 0 Å². The van der Waals surface area contributed by atoms with Crippen molar-refractivity contribution in [3.8, 4) is 0 Å². The first kappa shape index (κ1) is 8.86. The molecule has 0 spiro atoms. The Morgan fingerprint density at radius 1 is 1.25 bits per heavy atom. The van der Waals surface area contributed by atoms with Gasteiger partial charge in [0.1, 0.15) is 0 Å². The van der Waals surface area contributed by atoms with E-state index in [2.05, 4.69) is 0 Å². The van der Waals surface area contributed by atoms with E-state index >= 15 is 0 Å². The summed E-state index contributed by atoms with van der Waals surface area (Å²) in [5.74, 6) is 0. The SMILES string of the molecule is [O]=[Ag].[O]=[AlH]. The van der Waals surface area contributed by atoms with Crippen molar-refractivity contribution in [2.24, 2.45) is 0 Å². The summed E-state index contributed by atoms with van der Waals surface area (Å²) in [4.78, 5) is 0. The molecule has 0 unspecified atom stereocenters. The molecule has 0 aliphatic carbocycles. The van der Waals surface area contributed by atoms with Crippen molar-refractivity contribution in [1.29, 1.82) is 0 Å². The van der Waals surface area contributed by atoms with Crippen LogP contribution >= 0.6 is 0 Å². The van der Waals surface area contributed by atoms with Gasteiger partial charge in [-0.15, -0.1) is 0 Å². The zero-order valence-electron chi connectivity index (χ0n) is 1.83. The van der Waals surface area contributed by atoms with Crippen molar-refractivity contribution in [2.75, 3.05) is 0 Å². The Morgan fingerprint density at radius 2 is 1.25 bits per heavy atom. The van der Waals surface area contributed by atoms with E-state index in [0.29, 0.717) is 16.2 Å². The molecule has 0 aliphatic heterocycles. The van der Waals surface area contributed by atoms with E-state index in [4.69, 9.17) is 7.05 Å². The molecule has 0 N–H and O–H groups in total. The fraction of sp³-hybridized carbons (Fsp3) is 0. The van der Waals surface area contributed by atoms with Gasteiger partial charge in [-0.1, -0.05) is 0 Å². The topological polar surface area (TPSA) is 34.1 Å². The van der Waals surface area contributed by atoms with Gasteiger partial charge in [0.05, 0.1) is 0 Å². The maximum atomic E-state index is 8.28. The van der Waals surface area contributed by atoms with Crippen molar-refractivity contribution >= 4 is 16.2 Å². The Kier molecular flexibility index (Phi) is 92.9. The molecule has 0 saturated carbocycles. The molecular weight excluding hydrogens is 167 g/mol. The van der Waals surface area contributed by atoms with Crippen LogP contribution in [0.5, 0.6) is 0 Å².